The van der Waals surface area contributed by atoms with Crippen LogP contribution in [0.2, 0.25) is 5.02 Å². The first kappa shape index (κ1) is 17.5. The molecular weight excluding hydrogens is 398 g/mol. The van der Waals surface area contributed by atoms with Crippen molar-refractivity contribution in [3.8, 4) is 10.6 Å². The molecule has 3 aromatic rings. The second kappa shape index (κ2) is 7.45. The Bertz CT molecular complexity index is 926. The first-order valence-electron chi connectivity index (χ1n) is 9.31. The minimum Gasteiger partial charge on any atom is -0.341 e. The number of rotatable bonds is 6. The Balaban J connectivity index is 1.31. The van der Waals surface area contributed by atoms with Gasteiger partial charge in [-0.1, -0.05) is 35.5 Å². The van der Waals surface area contributed by atoms with Gasteiger partial charge in [0.25, 0.3) is 0 Å². The molecule has 0 atom stereocenters. The van der Waals surface area contributed by atoms with E-state index in [1.54, 1.807) is 23.1 Å². The molecule has 0 amide bonds. The van der Waals surface area contributed by atoms with Crippen LogP contribution in [0.15, 0.2) is 34.8 Å². The summed E-state index contributed by atoms with van der Waals surface area (Å²) in [4.78, 5) is 7.17. The van der Waals surface area contributed by atoms with Crippen LogP contribution >= 0.6 is 34.7 Å². The summed E-state index contributed by atoms with van der Waals surface area (Å²) < 4.78 is 2.36. The summed E-state index contributed by atoms with van der Waals surface area (Å²) in [7, 11) is 0. The van der Waals surface area contributed by atoms with Gasteiger partial charge < -0.3 is 4.90 Å². The van der Waals surface area contributed by atoms with Gasteiger partial charge in [0.2, 0.25) is 5.95 Å². The zero-order valence-electron chi connectivity index (χ0n) is 14.8. The Morgan fingerprint density at radius 1 is 1.11 bits per heavy atom. The standard InChI is InChI=1S/C19H20ClN5S2/c20-14-5-3-13(4-6-14)17-21-15(11-26-17)12-27-19-23-22-18(24-9-1-2-10-24)25(19)16-7-8-16/h3-6,11,16H,1-2,7-10,12H2. The maximum Gasteiger partial charge on any atom is 0.228 e. The lowest BCUT2D eigenvalue weighted by Crippen LogP contribution is -2.22. The van der Waals surface area contributed by atoms with Crippen LogP contribution in [-0.4, -0.2) is 32.8 Å². The van der Waals surface area contributed by atoms with Gasteiger partial charge in [0.15, 0.2) is 5.16 Å². The molecule has 140 valence electrons. The van der Waals surface area contributed by atoms with Crippen LogP contribution in [0.4, 0.5) is 5.95 Å². The number of anilines is 1. The summed E-state index contributed by atoms with van der Waals surface area (Å²) in [6, 6.07) is 8.43. The number of aromatic nitrogens is 4. The van der Waals surface area contributed by atoms with Crippen LogP contribution in [-0.2, 0) is 5.75 Å². The maximum atomic E-state index is 5.98. The first-order valence-corrected chi connectivity index (χ1v) is 11.6. The van der Waals surface area contributed by atoms with Crippen LogP contribution in [0.3, 0.4) is 0 Å². The predicted octanol–water partition coefficient (Wildman–Crippen LogP) is 5.28. The molecule has 27 heavy (non-hydrogen) atoms. The van der Waals surface area contributed by atoms with Gasteiger partial charge in [-0.3, -0.25) is 4.57 Å². The molecule has 1 aliphatic carbocycles. The highest BCUT2D eigenvalue weighted by Crippen LogP contribution is 2.42. The molecular formula is C19H20ClN5S2. The van der Waals surface area contributed by atoms with E-state index in [2.05, 4.69) is 25.0 Å². The molecule has 5 nitrogen and oxygen atoms in total. The highest BCUT2D eigenvalue weighted by Gasteiger charge is 2.32. The Morgan fingerprint density at radius 3 is 2.63 bits per heavy atom. The molecule has 2 fully saturated rings. The molecule has 0 unspecified atom stereocenters. The number of halogens is 1. The summed E-state index contributed by atoms with van der Waals surface area (Å²) in [5.41, 5.74) is 2.20. The second-order valence-corrected chi connectivity index (χ2v) is 9.25. The number of nitrogens with zero attached hydrogens (tertiary/aromatic N) is 5. The largest absolute Gasteiger partial charge is 0.341 e. The van der Waals surface area contributed by atoms with E-state index in [0.717, 1.165) is 51.2 Å². The van der Waals surface area contributed by atoms with E-state index < -0.39 is 0 Å². The molecule has 8 heteroatoms. The predicted molar refractivity (Wildman–Crippen MR) is 112 cm³/mol. The van der Waals surface area contributed by atoms with Gasteiger partial charge in [0.1, 0.15) is 5.01 Å². The van der Waals surface area contributed by atoms with E-state index in [1.165, 1.54) is 25.7 Å². The molecule has 0 spiro atoms. The SMILES string of the molecule is Clc1ccc(-c2nc(CSc3nnc(N4CCCC4)n3C3CC3)cs2)cc1. The van der Waals surface area contributed by atoms with E-state index in [1.807, 2.05) is 24.3 Å². The first-order chi connectivity index (χ1) is 13.3. The van der Waals surface area contributed by atoms with Crippen LogP contribution in [0.5, 0.6) is 0 Å². The maximum absolute atomic E-state index is 5.98. The monoisotopic (exact) mass is 417 g/mol. The molecule has 0 N–H and O–H groups in total. The minimum absolute atomic E-state index is 0.582. The third-order valence-corrected chi connectivity index (χ3v) is 7.11. The molecule has 2 aromatic heterocycles. The van der Waals surface area contributed by atoms with Crippen molar-refractivity contribution in [1.29, 1.82) is 0 Å². The summed E-state index contributed by atoms with van der Waals surface area (Å²) in [5.74, 6) is 1.88. The Morgan fingerprint density at radius 2 is 1.89 bits per heavy atom. The fraction of sp³-hybridized carbons (Fsp3) is 0.421. The fourth-order valence-corrected chi connectivity index (χ4v) is 5.34. The summed E-state index contributed by atoms with van der Waals surface area (Å²) in [6.07, 6.45) is 4.99. The quantitative estimate of drug-likeness (QED) is 0.510. The normalized spacial score (nSPS) is 17.0. The van der Waals surface area contributed by atoms with Crippen LogP contribution in [0, 0.1) is 0 Å². The van der Waals surface area contributed by atoms with E-state index in [-0.39, 0.29) is 0 Å². The van der Waals surface area contributed by atoms with E-state index in [4.69, 9.17) is 16.6 Å². The average Bonchev–Trinajstić information content (AvgIpc) is 3.10. The van der Waals surface area contributed by atoms with Crippen molar-refractivity contribution >= 4 is 40.6 Å². The van der Waals surface area contributed by atoms with Crippen molar-refractivity contribution in [2.45, 2.75) is 42.6 Å². The minimum atomic E-state index is 0.582. The van der Waals surface area contributed by atoms with Crippen LogP contribution < -0.4 is 4.90 Å². The number of thiazole rings is 1. The van der Waals surface area contributed by atoms with Crippen molar-refractivity contribution in [3.05, 3.63) is 40.4 Å². The van der Waals surface area contributed by atoms with Gasteiger partial charge in [-0.2, -0.15) is 0 Å². The van der Waals surface area contributed by atoms with E-state index in [0.29, 0.717) is 6.04 Å². The zero-order chi connectivity index (χ0) is 18.2. The molecule has 2 aliphatic rings. The summed E-state index contributed by atoms with van der Waals surface area (Å²) in [5, 5.41) is 14.0. The van der Waals surface area contributed by atoms with E-state index in [9.17, 15) is 0 Å². The van der Waals surface area contributed by atoms with Gasteiger partial charge in [0.05, 0.1) is 5.69 Å². The third-order valence-electron chi connectivity index (χ3n) is 4.94. The average molecular weight is 418 g/mol. The Hall–Kier alpha value is -1.57. The molecule has 1 aromatic carbocycles. The van der Waals surface area contributed by atoms with E-state index >= 15 is 0 Å². The van der Waals surface area contributed by atoms with Crippen molar-refractivity contribution < 1.29 is 0 Å². The van der Waals surface area contributed by atoms with Crippen molar-refractivity contribution in [1.82, 2.24) is 19.7 Å². The lowest BCUT2D eigenvalue weighted by molar-refractivity contribution is 0.651. The molecule has 1 saturated heterocycles. The van der Waals surface area contributed by atoms with Crippen molar-refractivity contribution in [3.63, 3.8) is 0 Å². The highest BCUT2D eigenvalue weighted by atomic mass is 35.5. The highest BCUT2D eigenvalue weighted by molar-refractivity contribution is 7.98. The third kappa shape index (κ3) is 3.73. The summed E-state index contributed by atoms with van der Waals surface area (Å²) >= 11 is 9.40. The fourth-order valence-electron chi connectivity index (χ4n) is 3.39. The van der Waals surface area contributed by atoms with Crippen LogP contribution in [0.25, 0.3) is 10.6 Å². The zero-order valence-corrected chi connectivity index (χ0v) is 17.2. The second-order valence-electron chi connectivity index (χ2n) is 7.02. The lowest BCUT2D eigenvalue weighted by atomic mass is 10.2. The van der Waals surface area contributed by atoms with Gasteiger partial charge in [-0.25, -0.2) is 4.98 Å². The molecule has 0 bridgehead atoms. The molecule has 1 aliphatic heterocycles. The number of hydrogen-bond donors (Lipinski definition) is 0. The Kier molecular flexibility index (Phi) is 4.83. The summed E-state index contributed by atoms with van der Waals surface area (Å²) in [6.45, 7) is 2.21. The molecule has 3 heterocycles. The number of thioether (sulfide) groups is 1. The van der Waals surface area contributed by atoms with Gasteiger partial charge in [-0.15, -0.1) is 21.5 Å². The Labute approximate surface area is 171 Å². The number of benzene rings is 1. The molecule has 0 radical (unpaired) electrons. The van der Waals surface area contributed by atoms with Crippen molar-refractivity contribution in [2.24, 2.45) is 0 Å². The van der Waals surface area contributed by atoms with Gasteiger partial charge in [-0.05, 0) is 37.8 Å². The lowest BCUT2D eigenvalue weighted by Gasteiger charge is -2.17. The molecule has 1 saturated carbocycles. The topological polar surface area (TPSA) is 46.8 Å². The van der Waals surface area contributed by atoms with Crippen molar-refractivity contribution in [2.75, 3.05) is 18.0 Å². The van der Waals surface area contributed by atoms with Gasteiger partial charge >= 0.3 is 0 Å². The van der Waals surface area contributed by atoms with Crippen LogP contribution in [0.1, 0.15) is 37.4 Å². The number of hydrogen-bond acceptors (Lipinski definition) is 6. The molecule has 5 rings (SSSR count). The smallest absolute Gasteiger partial charge is 0.228 e. The van der Waals surface area contributed by atoms with Gasteiger partial charge in [0, 0.05) is 40.9 Å².